The molecule has 7 heteroatoms. The van der Waals surface area contributed by atoms with E-state index in [0.717, 1.165) is 25.0 Å². The van der Waals surface area contributed by atoms with Gasteiger partial charge in [0.25, 0.3) is 5.56 Å². The van der Waals surface area contributed by atoms with Gasteiger partial charge in [0.15, 0.2) is 0 Å². The van der Waals surface area contributed by atoms with Crippen LogP contribution in [0, 0.1) is 0 Å². The van der Waals surface area contributed by atoms with Gasteiger partial charge in [-0.25, -0.2) is 4.98 Å². The zero-order valence-corrected chi connectivity index (χ0v) is 14.4. The van der Waals surface area contributed by atoms with E-state index in [2.05, 4.69) is 22.5 Å². The third-order valence-corrected chi connectivity index (χ3v) is 3.53. The van der Waals surface area contributed by atoms with E-state index >= 15 is 0 Å². The molecule has 1 aromatic heterocycles. The molecule has 25 heavy (non-hydrogen) atoms. The number of benzene rings is 1. The molecule has 7 nitrogen and oxygen atoms in total. The predicted molar refractivity (Wildman–Crippen MR) is 96.5 cm³/mol. The molecular weight excluding hydrogens is 320 g/mol. The summed E-state index contributed by atoms with van der Waals surface area (Å²) in [6, 6.07) is 8.21. The maximum atomic E-state index is 12.1. The number of amides is 2. The quantitative estimate of drug-likeness (QED) is 0.806. The molecule has 0 saturated heterocycles. The largest absolute Gasteiger partial charge is 0.326 e. The van der Waals surface area contributed by atoms with Gasteiger partial charge in [0.1, 0.15) is 6.54 Å². The van der Waals surface area contributed by atoms with E-state index in [-0.39, 0.29) is 23.9 Å². The van der Waals surface area contributed by atoms with E-state index in [1.165, 1.54) is 23.9 Å². The van der Waals surface area contributed by atoms with E-state index < -0.39 is 0 Å². The van der Waals surface area contributed by atoms with Crippen molar-refractivity contribution < 1.29 is 9.59 Å². The van der Waals surface area contributed by atoms with Gasteiger partial charge in [-0.05, 0) is 37.1 Å². The Morgan fingerprint density at radius 1 is 1.12 bits per heavy atom. The van der Waals surface area contributed by atoms with Gasteiger partial charge < -0.3 is 10.6 Å². The molecule has 0 fully saturated rings. The Hall–Kier alpha value is -2.96. The third-order valence-electron chi connectivity index (χ3n) is 3.53. The van der Waals surface area contributed by atoms with Crippen molar-refractivity contribution in [3.8, 4) is 0 Å². The second-order valence-corrected chi connectivity index (χ2v) is 5.76. The zero-order chi connectivity index (χ0) is 18.2. The Kier molecular flexibility index (Phi) is 6.45. The molecule has 0 atom stereocenters. The summed E-state index contributed by atoms with van der Waals surface area (Å²) in [5, 5.41) is 5.35. The fraction of sp³-hybridized carbons (Fsp3) is 0.333. The summed E-state index contributed by atoms with van der Waals surface area (Å²) < 4.78 is 1.27. The van der Waals surface area contributed by atoms with Gasteiger partial charge >= 0.3 is 0 Å². The lowest BCUT2D eigenvalue weighted by molar-refractivity contribution is -0.117. The van der Waals surface area contributed by atoms with Crippen molar-refractivity contribution in [2.45, 2.75) is 39.7 Å². The number of anilines is 2. The average Bonchev–Trinajstić information content (AvgIpc) is 2.56. The van der Waals surface area contributed by atoms with Crippen LogP contribution < -0.4 is 16.2 Å². The van der Waals surface area contributed by atoms with Crippen LogP contribution in [0.25, 0.3) is 0 Å². The third kappa shape index (κ3) is 5.87. The molecule has 2 rings (SSSR count). The van der Waals surface area contributed by atoms with Crippen LogP contribution in [0.5, 0.6) is 0 Å². The Morgan fingerprint density at radius 2 is 1.76 bits per heavy atom. The van der Waals surface area contributed by atoms with Crippen LogP contribution in [0.2, 0.25) is 0 Å². The first-order chi connectivity index (χ1) is 12.0. The molecule has 2 N–H and O–H groups in total. The summed E-state index contributed by atoms with van der Waals surface area (Å²) >= 11 is 0. The molecule has 0 aliphatic heterocycles. The SMILES string of the molecule is CCCCc1cc(=O)n(CC(=O)Nc2ccc(NC(C)=O)cc2)cn1. The zero-order valence-electron chi connectivity index (χ0n) is 14.4. The first-order valence-corrected chi connectivity index (χ1v) is 8.21. The minimum atomic E-state index is -0.322. The van der Waals surface area contributed by atoms with Crippen LogP contribution >= 0.6 is 0 Å². The van der Waals surface area contributed by atoms with Crippen LogP contribution in [0.15, 0.2) is 41.5 Å². The van der Waals surface area contributed by atoms with Crippen LogP contribution in [0.1, 0.15) is 32.4 Å². The summed E-state index contributed by atoms with van der Waals surface area (Å²) in [6.07, 6.45) is 4.19. The van der Waals surface area contributed by atoms with Crippen molar-refractivity contribution >= 4 is 23.2 Å². The van der Waals surface area contributed by atoms with E-state index in [9.17, 15) is 14.4 Å². The summed E-state index contributed by atoms with van der Waals surface area (Å²) in [4.78, 5) is 39.3. The van der Waals surface area contributed by atoms with Crippen LogP contribution in [-0.4, -0.2) is 21.4 Å². The molecule has 0 radical (unpaired) electrons. The Labute approximate surface area is 146 Å². The van der Waals surface area contributed by atoms with Gasteiger partial charge in [-0.3, -0.25) is 19.0 Å². The van der Waals surface area contributed by atoms with Crippen LogP contribution in [0.4, 0.5) is 11.4 Å². The molecule has 0 aliphatic carbocycles. The molecular formula is C18H22N4O3. The van der Waals surface area contributed by atoms with E-state index in [4.69, 9.17) is 0 Å². The number of nitrogens with one attached hydrogen (secondary N) is 2. The lowest BCUT2D eigenvalue weighted by Gasteiger charge is -2.09. The van der Waals surface area contributed by atoms with E-state index in [1.54, 1.807) is 24.3 Å². The number of aromatic nitrogens is 2. The van der Waals surface area contributed by atoms with E-state index in [0.29, 0.717) is 11.4 Å². The lowest BCUT2D eigenvalue weighted by atomic mass is 10.2. The molecule has 0 bridgehead atoms. The molecule has 0 unspecified atom stereocenters. The number of rotatable bonds is 7. The smallest absolute Gasteiger partial charge is 0.253 e. The highest BCUT2D eigenvalue weighted by atomic mass is 16.2. The molecule has 0 spiro atoms. The number of carbonyl (C=O) groups is 2. The first-order valence-electron chi connectivity index (χ1n) is 8.21. The number of hydrogen-bond acceptors (Lipinski definition) is 4. The normalized spacial score (nSPS) is 10.3. The molecule has 1 heterocycles. The second kappa shape index (κ2) is 8.77. The minimum Gasteiger partial charge on any atom is -0.326 e. The van der Waals surface area contributed by atoms with Crippen molar-refractivity contribution in [2.24, 2.45) is 0 Å². The summed E-state index contributed by atoms with van der Waals surface area (Å²) in [5.41, 5.74) is 1.74. The molecule has 0 aliphatic rings. The number of nitrogens with zero attached hydrogens (tertiary/aromatic N) is 2. The lowest BCUT2D eigenvalue weighted by Crippen LogP contribution is -2.27. The molecule has 132 valence electrons. The van der Waals surface area contributed by atoms with Gasteiger partial charge in [0, 0.05) is 30.1 Å². The van der Waals surface area contributed by atoms with Crippen LogP contribution in [0.3, 0.4) is 0 Å². The monoisotopic (exact) mass is 342 g/mol. The summed E-state index contributed by atoms with van der Waals surface area (Å²) in [6.45, 7) is 3.40. The van der Waals surface area contributed by atoms with Crippen molar-refractivity contribution in [1.29, 1.82) is 0 Å². The Morgan fingerprint density at radius 3 is 2.32 bits per heavy atom. The molecule has 2 aromatic rings. The number of hydrogen-bond donors (Lipinski definition) is 2. The highest BCUT2D eigenvalue weighted by Crippen LogP contribution is 2.13. The first kappa shape index (κ1) is 18.4. The predicted octanol–water partition coefficient (Wildman–Crippen LogP) is 2.18. The number of carbonyl (C=O) groups excluding carboxylic acids is 2. The van der Waals surface area contributed by atoms with Crippen LogP contribution in [-0.2, 0) is 22.6 Å². The summed E-state index contributed by atoms with van der Waals surface area (Å²) in [7, 11) is 0. The van der Waals surface area contributed by atoms with Crippen molar-refractivity contribution in [3.05, 3.63) is 52.7 Å². The van der Waals surface area contributed by atoms with Crippen molar-refractivity contribution in [1.82, 2.24) is 9.55 Å². The fourth-order valence-electron chi connectivity index (χ4n) is 2.27. The van der Waals surface area contributed by atoms with Crippen molar-refractivity contribution in [3.63, 3.8) is 0 Å². The maximum absolute atomic E-state index is 12.1. The van der Waals surface area contributed by atoms with Gasteiger partial charge in [-0.1, -0.05) is 13.3 Å². The Balaban J connectivity index is 1.95. The average molecular weight is 342 g/mol. The standard InChI is InChI=1S/C18H22N4O3/c1-3-4-5-16-10-18(25)22(12-19-16)11-17(24)21-15-8-6-14(7-9-15)20-13(2)23/h6-10,12H,3-5,11H2,1-2H3,(H,20,23)(H,21,24). The summed E-state index contributed by atoms with van der Waals surface area (Å²) in [5.74, 6) is -0.483. The van der Waals surface area contributed by atoms with Gasteiger partial charge in [0.2, 0.25) is 11.8 Å². The van der Waals surface area contributed by atoms with Crippen molar-refractivity contribution in [2.75, 3.05) is 10.6 Å². The van der Waals surface area contributed by atoms with Gasteiger partial charge in [-0.2, -0.15) is 0 Å². The number of unbranched alkanes of at least 4 members (excludes halogenated alkanes) is 1. The van der Waals surface area contributed by atoms with E-state index in [1.807, 2.05) is 0 Å². The van der Waals surface area contributed by atoms with Gasteiger partial charge in [0.05, 0.1) is 6.33 Å². The minimum absolute atomic E-state index is 0.104. The van der Waals surface area contributed by atoms with Gasteiger partial charge in [-0.15, -0.1) is 0 Å². The molecule has 0 saturated carbocycles. The molecule has 1 aromatic carbocycles. The highest BCUT2D eigenvalue weighted by Gasteiger charge is 2.07. The topological polar surface area (TPSA) is 93.1 Å². The fourth-order valence-corrected chi connectivity index (χ4v) is 2.27. The molecule has 2 amide bonds. The second-order valence-electron chi connectivity index (χ2n) is 5.76. The Bertz CT molecular complexity index is 797. The maximum Gasteiger partial charge on any atom is 0.253 e. The highest BCUT2D eigenvalue weighted by molar-refractivity contribution is 5.92. The number of aryl methyl sites for hydroxylation is 1.